The quantitative estimate of drug-likeness (QED) is 0.536. The molecule has 1 amide bonds. The normalized spacial score (nSPS) is 9.23. The second kappa shape index (κ2) is 4.36. The van der Waals surface area contributed by atoms with Gasteiger partial charge >= 0.3 is 0 Å². The predicted molar refractivity (Wildman–Crippen MR) is 51.2 cm³/mol. The van der Waals surface area contributed by atoms with Gasteiger partial charge in [0, 0.05) is 26.2 Å². The van der Waals surface area contributed by atoms with Gasteiger partial charge in [0.2, 0.25) is 0 Å². The van der Waals surface area contributed by atoms with E-state index in [1.807, 2.05) is 19.3 Å². The van der Waals surface area contributed by atoms with Gasteiger partial charge in [0.1, 0.15) is 5.69 Å². The molecule has 1 aromatic heterocycles. The van der Waals surface area contributed by atoms with Crippen molar-refractivity contribution in [1.29, 1.82) is 0 Å². The van der Waals surface area contributed by atoms with Crippen LogP contribution in [0.3, 0.4) is 0 Å². The standard InChI is InChI=1S/C10H12N2O/c1-3-4-7-11-10(13)9-6-5-8-12(9)2/h1,5-6,8H,4,7H2,2H3,(H,11,13). The molecule has 0 bridgehead atoms. The minimum atomic E-state index is -0.0808. The van der Waals surface area contributed by atoms with Crippen molar-refractivity contribution in [2.24, 2.45) is 7.05 Å². The Morgan fingerprint density at radius 2 is 2.54 bits per heavy atom. The number of carbonyl (C=O) groups is 1. The molecule has 0 fully saturated rings. The summed E-state index contributed by atoms with van der Waals surface area (Å²) >= 11 is 0. The van der Waals surface area contributed by atoms with Crippen LogP contribution in [-0.2, 0) is 7.05 Å². The van der Waals surface area contributed by atoms with Crippen LogP contribution in [0.5, 0.6) is 0 Å². The molecule has 1 N–H and O–H groups in total. The molecule has 0 aliphatic carbocycles. The molecule has 1 heterocycles. The highest BCUT2D eigenvalue weighted by atomic mass is 16.1. The van der Waals surface area contributed by atoms with Crippen molar-refractivity contribution in [2.45, 2.75) is 6.42 Å². The van der Waals surface area contributed by atoms with Gasteiger partial charge in [-0.05, 0) is 12.1 Å². The van der Waals surface area contributed by atoms with E-state index in [1.165, 1.54) is 0 Å². The van der Waals surface area contributed by atoms with Crippen molar-refractivity contribution in [2.75, 3.05) is 6.54 Å². The molecule has 0 spiro atoms. The van der Waals surface area contributed by atoms with Gasteiger partial charge in [0.15, 0.2) is 0 Å². The molecule has 3 heteroatoms. The molecule has 0 unspecified atom stereocenters. The lowest BCUT2D eigenvalue weighted by Crippen LogP contribution is -2.25. The molecule has 0 aliphatic rings. The van der Waals surface area contributed by atoms with Gasteiger partial charge in [-0.3, -0.25) is 4.79 Å². The van der Waals surface area contributed by atoms with E-state index in [1.54, 1.807) is 10.6 Å². The minimum Gasteiger partial charge on any atom is -0.350 e. The number of hydrogen-bond acceptors (Lipinski definition) is 1. The van der Waals surface area contributed by atoms with Crippen LogP contribution in [0.4, 0.5) is 0 Å². The zero-order valence-corrected chi connectivity index (χ0v) is 7.58. The van der Waals surface area contributed by atoms with Crippen LogP contribution in [0.25, 0.3) is 0 Å². The maximum atomic E-state index is 11.4. The molecule has 0 radical (unpaired) electrons. The fourth-order valence-electron chi connectivity index (χ4n) is 1.04. The molecule has 0 saturated carbocycles. The summed E-state index contributed by atoms with van der Waals surface area (Å²) in [6.07, 6.45) is 7.45. The highest BCUT2D eigenvalue weighted by Crippen LogP contribution is 1.98. The number of aryl methyl sites for hydroxylation is 1. The van der Waals surface area contributed by atoms with Crippen molar-refractivity contribution in [1.82, 2.24) is 9.88 Å². The summed E-state index contributed by atoms with van der Waals surface area (Å²) in [5.74, 6) is 2.38. The molecule has 3 nitrogen and oxygen atoms in total. The number of carbonyl (C=O) groups excluding carboxylic acids is 1. The van der Waals surface area contributed by atoms with Crippen molar-refractivity contribution >= 4 is 5.91 Å². The molecule has 0 saturated heterocycles. The van der Waals surface area contributed by atoms with E-state index >= 15 is 0 Å². The van der Waals surface area contributed by atoms with Crippen LogP contribution in [0.15, 0.2) is 18.3 Å². The number of hydrogen-bond donors (Lipinski definition) is 1. The Morgan fingerprint density at radius 3 is 3.08 bits per heavy atom. The number of amides is 1. The summed E-state index contributed by atoms with van der Waals surface area (Å²) in [7, 11) is 1.83. The van der Waals surface area contributed by atoms with E-state index < -0.39 is 0 Å². The maximum Gasteiger partial charge on any atom is 0.267 e. The highest BCUT2D eigenvalue weighted by Gasteiger charge is 2.06. The van der Waals surface area contributed by atoms with Gasteiger partial charge in [-0.25, -0.2) is 0 Å². The van der Waals surface area contributed by atoms with E-state index in [-0.39, 0.29) is 5.91 Å². The van der Waals surface area contributed by atoms with Crippen LogP contribution >= 0.6 is 0 Å². The Bertz CT molecular complexity index is 333. The number of nitrogens with one attached hydrogen (secondary N) is 1. The first-order valence-corrected chi connectivity index (χ1v) is 4.08. The average molecular weight is 176 g/mol. The molecule has 0 aromatic carbocycles. The number of nitrogens with zero attached hydrogens (tertiary/aromatic N) is 1. The average Bonchev–Trinajstić information content (AvgIpc) is 2.52. The SMILES string of the molecule is C#CCCNC(=O)c1cccn1C. The number of terminal acetylenes is 1. The zero-order valence-electron chi connectivity index (χ0n) is 7.58. The monoisotopic (exact) mass is 176 g/mol. The minimum absolute atomic E-state index is 0.0808. The van der Waals surface area contributed by atoms with E-state index in [4.69, 9.17) is 6.42 Å². The van der Waals surface area contributed by atoms with Crippen molar-refractivity contribution in [3.8, 4) is 12.3 Å². The second-order valence-corrected chi connectivity index (χ2v) is 2.71. The van der Waals surface area contributed by atoms with Crippen LogP contribution in [0.2, 0.25) is 0 Å². The van der Waals surface area contributed by atoms with E-state index in [9.17, 15) is 4.79 Å². The third-order valence-electron chi connectivity index (χ3n) is 1.73. The Balaban J connectivity index is 2.50. The Hall–Kier alpha value is -1.69. The van der Waals surface area contributed by atoms with Crippen LogP contribution in [0.1, 0.15) is 16.9 Å². The summed E-state index contributed by atoms with van der Waals surface area (Å²) in [5, 5.41) is 2.72. The van der Waals surface area contributed by atoms with Crippen molar-refractivity contribution in [3.05, 3.63) is 24.0 Å². The lowest BCUT2D eigenvalue weighted by molar-refractivity contribution is 0.0946. The van der Waals surface area contributed by atoms with E-state index in [0.29, 0.717) is 18.7 Å². The highest BCUT2D eigenvalue weighted by molar-refractivity contribution is 5.92. The zero-order chi connectivity index (χ0) is 9.68. The molecule has 1 rings (SSSR count). The van der Waals surface area contributed by atoms with Gasteiger partial charge in [0.25, 0.3) is 5.91 Å². The number of rotatable bonds is 3. The van der Waals surface area contributed by atoms with Crippen LogP contribution < -0.4 is 5.32 Å². The Kier molecular flexibility index (Phi) is 3.15. The summed E-state index contributed by atoms with van der Waals surface area (Å²) in [6, 6.07) is 3.60. The summed E-state index contributed by atoms with van der Waals surface area (Å²) in [5.41, 5.74) is 0.650. The van der Waals surface area contributed by atoms with Crippen molar-refractivity contribution < 1.29 is 4.79 Å². The predicted octanol–water partition coefficient (Wildman–Crippen LogP) is 0.778. The molecule has 68 valence electrons. The molecule has 1 aromatic rings. The summed E-state index contributed by atoms with van der Waals surface area (Å²) in [6.45, 7) is 0.528. The van der Waals surface area contributed by atoms with Crippen molar-refractivity contribution in [3.63, 3.8) is 0 Å². The fourth-order valence-corrected chi connectivity index (χ4v) is 1.04. The van der Waals surface area contributed by atoms with Gasteiger partial charge in [-0.1, -0.05) is 0 Å². The second-order valence-electron chi connectivity index (χ2n) is 2.71. The molecule has 13 heavy (non-hydrogen) atoms. The molecule has 0 atom stereocenters. The fraction of sp³-hybridized carbons (Fsp3) is 0.300. The van der Waals surface area contributed by atoms with Gasteiger partial charge in [-0.15, -0.1) is 12.3 Å². The van der Waals surface area contributed by atoms with Crippen LogP contribution in [-0.4, -0.2) is 17.0 Å². The third-order valence-corrected chi connectivity index (χ3v) is 1.73. The first-order chi connectivity index (χ1) is 6.25. The Labute approximate surface area is 77.8 Å². The van der Waals surface area contributed by atoms with Crippen LogP contribution in [0, 0.1) is 12.3 Å². The van der Waals surface area contributed by atoms with Gasteiger partial charge in [-0.2, -0.15) is 0 Å². The smallest absolute Gasteiger partial charge is 0.267 e. The maximum absolute atomic E-state index is 11.4. The molecular formula is C10H12N2O. The first-order valence-electron chi connectivity index (χ1n) is 4.08. The molecule has 0 aliphatic heterocycles. The topological polar surface area (TPSA) is 34.0 Å². The number of aromatic nitrogens is 1. The third kappa shape index (κ3) is 2.38. The molecular weight excluding hydrogens is 164 g/mol. The largest absolute Gasteiger partial charge is 0.350 e. The summed E-state index contributed by atoms with van der Waals surface area (Å²) in [4.78, 5) is 11.4. The summed E-state index contributed by atoms with van der Waals surface area (Å²) < 4.78 is 1.77. The van der Waals surface area contributed by atoms with Gasteiger partial charge < -0.3 is 9.88 Å². The lowest BCUT2D eigenvalue weighted by atomic mass is 10.4. The first kappa shape index (κ1) is 9.40. The van der Waals surface area contributed by atoms with Gasteiger partial charge in [0.05, 0.1) is 0 Å². The van der Waals surface area contributed by atoms with E-state index in [0.717, 1.165) is 0 Å². The van der Waals surface area contributed by atoms with E-state index in [2.05, 4.69) is 11.2 Å². The lowest BCUT2D eigenvalue weighted by Gasteiger charge is -2.03. The Morgan fingerprint density at radius 1 is 1.77 bits per heavy atom.